The quantitative estimate of drug-likeness (QED) is 0.593. The number of carbonyl (C=O) groups is 1. The van der Waals surface area contributed by atoms with Crippen LogP contribution in [-0.2, 0) is 4.79 Å². The molecule has 84 valence electrons. The topological polar surface area (TPSA) is 26.8 Å². The summed E-state index contributed by atoms with van der Waals surface area (Å²) in [5, 5.41) is 0. The third-order valence-corrected chi connectivity index (χ3v) is 1.93. The van der Waals surface area contributed by atoms with Crippen LogP contribution in [0.5, 0.6) is 0 Å². The molecule has 14 heavy (non-hydrogen) atoms. The Morgan fingerprint density at radius 1 is 1.07 bits per heavy atom. The maximum atomic E-state index is 11.8. The molecule has 0 bridgehead atoms. The van der Waals surface area contributed by atoms with Gasteiger partial charge in [0.15, 0.2) is 0 Å². The summed E-state index contributed by atoms with van der Waals surface area (Å²) >= 11 is 0. The SMILES string of the molecule is CC(CN(C)C)C(=O)N(C)CN(C)C. The first-order valence-electron chi connectivity index (χ1n) is 4.89. The van der Waals surface area contributed by atoms with E-state index in [1.807, 2.05) is 52.0 Å². The number of rotatable bonds is 5. The van der Waals surface area contributed by atoms with Gasteiger partial charge in [-0.05, 0) is 28.2 Å². The minimum absolute atomic E-state index is 0.0648. The van der Waals surface area contributed by atoms with Crippen molar-refractivity contribution in [2.75, 3.05) is 48.5 Å². The van der Waals surface area contributed by atoms with E-state index >= 15 is 0 Å². The largest absolute Gasteiger partial charge is 0.333 e. The van der Waals surface area contributed by atoms with Crippen LogP contribution in [0, 0.1) is 5.92 Å². The van der Waals surface area contributed by atoms with Crippen molar-refractivity contribution in [2.24, 2.45) is 5.92 Å². The predicted molar refractivity (Wildman–Crippen MR) is 59.0 cm³/mol. The van der Waals surface area contributed by atoms with E-state index in [9.17, 15) is 4.79 Å². The molecule has 0 aromatic rings. The molecule has 0 fully saturated rings. The standard InChI is InChI=1S/C10H23N3O/c1-9(7-11(2)3)10(14)13(6)8-12(4)5/h9H,7-8H2,1-6H3. The maximum absolute atomic E-state index is 11.8. The fraction of sp³-hybridized carbons (Fsp3) is 0.900. The molecule has 1 unspecified atom stereocenters. The molecular weight excluding hydrogens is 178 g/mol. The third kappa shape index (κ3) is 5.19. The Balaban J connectivity index is 4.04. The first-order valence-corrected chi connectivity index (χ1v) is 4.89. The van der Waals surface area contributed by atoms with E-state index in [0.717, 1.165) is 6.54 Å². The molecule has 0 radical (unpaired) electrons. The zero-order valence-corrected chi connectivity index (χ0v) is 10.2. The molecule has 4 heteroatoms. The van der Waals surface area contributed by atoms with Gasteiger partial charge >= 0.3 is 0 Å². The molecule has 0 aromatic heterocycles. The average molecular weight is 201 g/mol. The average Bonchev–Trinajstić information content (AvgIpc) is 2.00. The predicted octanol–water partition coefficient (Wildman–Crippen LogP) is 0.162. The van der Waals surface area contributed by atoms with Crippen molar-refractivity contribution < 1.29 is 4.79 Å². The van der Waals surface area contributed by atoms with Gasteiger partial charge in [0.05, 0.1) is 6.67 Å². The van der Waals surface area contributed by atoms with E-state index in [0.29, 0.717) is 6.67 Å². The Bertz CT molecular complexity index is 162. The lowest BCUT2D eigenvalue weighted by Crippen LogP contribution is -2.40. The summed E-state index contributed by atoms with van der Waals surface area (Å²) in [4.78, 5) is 17.6. The highest BCUT2D eigenvalue weighted by Crippen LogP contribution is 2.02. The highest BCUT2D eigenvalue weighted by atomic mass is 16.2. The van der Waals surface area contributed by atoms with E-state index in [-0.39, 0.29) is 11.8 Å². The van der Waals surface area contributed by atoms with Gasteiger partial charge < -0.3 is 9.80 Å². The third-order valence-electron chi connectivity index (χ3n) is 1.93. The van der Waals surface area contributed by atoms with E-state index in [1.165, 1.54) is 0 Å². The van der Waals surface area contributed by atoms with Crippen molar-refractivity contribution in [1.82, 2.24) is 14.7 Å². The zero-order chi connectivity index (χ0) is 11.3. The number of nitrogens with zero attached hydrogens (tertiary/aromatic N) is 3. The molecule has 0 spiro atoms. The summed E-state index contributed by atoms with van der Waals surface area (Å²) in [5.41, 5.74) is 0. The maximum Gasteiger partial charge on any atom is 0.227 e. The van der Waals surface area contributed by atoms with Gasteiger partial charge in [0.25, 0.3) is 0 Å². The van der Waals surface area contributed by atoms with Crippen LogP contribution in [0.1, 0.15) is 6.92 Å². The molecule has 1 atom stereocenters. The number of hydrogen-bond acceptors (Lipinski definition) is 3. The van der Waals surface area contributed by atoms with E-state index in [2.05, 4.69) is 0 Å². The molecule has 0 N–H and O–H groups in total. The Morgan fingerprint density at radius 3 is 1.93 bits per heavy atom. The molecular formula is C10H23N3O. The molecule has 0 aliphatic carbocycles. The van der Waals surface area contributed by atoms with Gasteiger partial charge in [0.1, 0.15) is 0 Å². The fourth-order valence-corrected chi connectivity index (χ4v) is 1.50. The monoisotopic (exact) mass is 201 g/mol. The van der Waals surface area contributed by atoms with Crippen molar-refractivity contribution in [2.45, 2.75) is 6.92 Å². The molecule has 1 amide bonds. The Hall–Kier alpha value is -0.610. The summed E-state index contributed by atoms with van der Waals surface area (Å²) in [6.07, 6.45) is 0. The number of amides is 1. The minimum atomic E-state index is 0.0648. The van der Waals surface area contributed by atoms with Gasteiger partial charge in [-0.2, -0.15) is 0 Å². The van der Waals surface area contributed by atoms with Crippen LogP contribution < -0.4 is 0 Å². The molecule has 0 rings (SSSR count). The van der Waals surface area contributed by atoms with Gasteiger partial charge in [-0.3, -0.25) is 9.69 Å². The summed E-state index contributed by atoms with van der Waals surface area (Å²) < 4.78 is 0. The Labute approximate surface area is 87.5 Å². The lowest BCUT2D eigenvalue weighted by atomic mass is 10.1. The molecule has 0 saturated heterocycles. The fourth-order valence-electron chi connectivity index (χ4n) is 1.50. The highest BCUT2D eigenvalue weighted by Gasteiger charge is 2.17. The van der Waals surface area contributed by atoms with Crippen molar-refractivity contribution in [3.05, 3.63) is 0 Å². The molecule has 0 saturated carbocycles. The van der Waals surface area contributed by atoms with Crippen molar-refractivity contribution in [3.63, 3.8) is 0 Å². The summed E-state index contributed by atoms with van der Waals surface area (Å²) in [7, 11) is 9.72. The summed E-state index contributed by atoms with van der Waals surface area (Å²) in [6.45, 7) is 3.45. The van der Waals surface area contributed by atoms with Crippen LogP contribution in [0.25, 0.3) is 0 Å². The lowest BCUT2D eigenvalue weighted by molar-refractivity contribution is -0.135. The Kier molecular flexibility index (Phi) is 5.72. The second-order valence-corrected chi connectivity index (χ2v) is 4.42. The van der Waals surface area contributed by atoms with Crippen LogP contribution >= 0.6 is 0 Å². The molecule has 4 nitrogen and oxygen atoms in total. The van der Waals surface area contributed by atoms with Gasteiger partial charge in [-0.25, -0.2) is 0 Å². The van der Waals surface area contributed by atoms with Crippen LogP contribution in [0.15, 0.2) is 0 Å². The van der Waals surface area contributed by atoms with Gasteiger partial charge in [0.2, 0.25) is 5.91 Å². The van der Waals surface area contributed by atoms with Gasteiger partial charge in [0, 0.05) is 19.5 Å². The van der Waals surface area contributed by atoms with Crippen LogP contribution in [-0.4, -0.2) is 69.1 Å². The van der Waals surface area contributed by atoms with E-state index < -0.39 is 0 Å². The first kappa shape index (κ1) is 13.4. The van der Waals surface area contributed by atoms with Gasteiger partial charge in [-0.1, -0.05) is 6.92 Å². The Morgan fingerprint density at radius 2 is 1.57 bits per heavy atom. The second kappa shape index (κ2) is 5.98. The highest BCUT2D eigenvalue weighted by molar-refractivity contribution is 5.78. The van der Waals surface area contributed by atoms with Crippen molar-refractivity contribution in [3.8, 4) is 0 Å². The minimum Gasteiger partial charge on any atom is -0.333 e. The van der Waals surface area contributed by atoms with Crippen molar-refractivity contribution in [1.29, 1.82) is 0 Å². The number of carbonyl (C=O) groups excluding carboxylic acids is 1. The van der Waals surface area contributed by atoms with Crippen LogP contribution in [0.3, 0.4) is 0 Å². The summed E-state index contributed by atoms with van der Waals surface area (Å²) in [6, 6.07) is 0. The number of hydrogen-bond donors (Lipinski definition) is 0. The first-order chi connectivity index (χ1) is 6.34. The zero-order valence-electron chi connectivity index (χ0n) is 10.2. The molecule has 0 aliphatic heterocycles. The molecule has 0 aromatic carbocycles. The van der Waals surface area contributed by atoms with Gasteiger partial charge in [-0.15, -0.1) is 0 Å². The molecule has 0 heterocycles. The van der Waals surface area contributed by atoms with Crippen molar-refractivity contribution >= 4 is 5.91 Å². The summed E-state index contributed by atoms with van der Waals surface area (Å²) in [5.74, 6) is 0.266. The smallest absolute Gasteiger partial charge is 0.227 e. The van der Waals surface area contributed by atoms with E-state index in [1.54, 1.807) is 4.90 Å². The normalized spacial score (nSPS) is 13.4. The second-order valence-electron chi connectivity index (χ2n) is 4.42. The van der Waals surface area contributed by atoms with Crippen LogP contribution in [0.4, 0.5) is 0 Å². The van der Waals surface area contributed by atoms with E-state index in [4.69, 9.17) is 0 Å². The molecule has 0 aliphatic rings. The van der Waals surface area contributed by atoms with Crippen LogP contribution in [0.2, 0.25) is 0 Å². The lowest BCUT2D eigenvalue weighted by Gasteiger charge is -2.25.